The highest BCUT2D eigenvalue weighted by Gasteiger charge is 2.57. The van der Waals surface area contributed by atoms with Gasteiger partial charge in [-0.15, -0.1) is 0 Å². The van der Waals surface area contributed by atoms with Crippen LogP contribution in [0.2, 0.25) is 0 Å². The smallest absolute Gasteiger partial charge is 0.319 e. The number of rotatable bonds is 6. The van der Waals surface area contributed by atoms with Crippen LogP contribution in [0.1, 0.15) is 31.7 Å². The number of nitrogens with zero attached hydrogens (tertiary/aromatic N) is 2. The third kappa shape index (κ3) is 2.82. The maximum absolute atomic E-state index is 12.1. The summed E-state index contributed by atoms with van der Waals surface area (Å²) in [5.41, 5.74) is -0.587. The molecule has 1 aliphatic rings. The number of nitrogens with one attached hydrogen (secondary N) is 1. The quantitative estimate of drug-likeness (QED) is 0.775. The maximum Gasteiger partial charge on any atom is 0.319 e. The van der Waals surface area contributed by atoms with Crippen molar-refractivity contribution in [1.29, 1.82) is 0 Å². The average molecular weight is 331 g/mol. The van der Waals surface area contributed by atoms with Crippen LogP contribution in [-0.2, 0) is 9.59 Å². The molecule has 2 aromatic rings. The van der Waals surface area contributed by atoms with Crippen molar-refractivity contribution in [3.63, 3.8) is 0 Å². The van der Waals surface area contributed by atoms with E-state index >= 15 is 0 Å². The van der Waals surface area contributed by atoms with Gasteiger partial charge in [-0.05, 0) is 31.9 Å². The van der Waals surface area contributed by atoms with Crippen molar-refractivity contribution in [3.8, 4) is 17.1 Å². The Labute approximate surface area is 137 Å². The largest absolute Gasteiger partial charge is 0.497 e. The van der Waals surface area contributed by atoms with Gasteiger partial charge in [-0.25, -0.2) is 0 Å². The van der Waals surface area contributed by atoms with Crippen molar-refractivity contribution in [3.05, 3.63) is 30.2 Å². The van der Waals surface area contributed by atoms with Crippen molar-refractivity contribution in [2.75, 3.05) is 7.11 Å². The van der Waals surface area contributed by atoms with Crippen LogP contribution in [0.5, 0.6) is 5.75 Å². The Balaban J connectivity index is 1.73. The van der Waals surface area contributed by atoms with Crippen LogP contribution in [0, 0.1) is 5.41 Å². The molecule has 1 unspecified atom stereocenters. The van der Waals surface area contributed by atoms with Gasteiger partial charge < -0.3 is 19.7 Å². The Kier molecular flexibility index (Phi) is 3.96. The lowest BCUT2D eigenvalue weighted by Crippen LogP contribution is -2.38. The summed E-state index contributed by atoms with van der Waals surface area (Å²) >= 11 is 0. The Morgan fingerprint density at radius 1 is 1.42 bits per heavy atom. The minimum atomic E-state index is -1.30. The molecule has 3 rings (SSSR count). The van der Waals surface area contributed by atoms with E-state index in [4.69, 9.17) is 14.4 Å². The highest BCUT2D eigenvalue weighted by atomic mass is 16.5. The highest BCUT2D eigenvalue weighted by Crippen LogP contribution is 2.46. The van der Waals surface area contributed by atoms with Crippen molar-refractivity contribution in [2.24, 2.45) is 5.41 Å². The molecule has 0 aliphatic heterocycles. The zero-order valence-electron chi connectivity index (χ0n) is 13.3. The summed E-state index contributed by atoms with van der Waals surface area (Å²) < 4.78 is 10.3. The zero-order chi connectivity index (χ0) is 17.3. The van der Waals surface area contributed by atoms with E-state index in [1.807, 2.05) is 6.07 Å². The number of amides is 1. The molecule has 126 valence electrons. The summed E-state index contributed by atoms with van der Waals surface area (Å²) in [5, 5.41) is 15.7. The van der Waals surface area contributed by atoms with Crippen molar-refractivity contribution < 1.29 is 24.0 Å². The summed E-state index contributed by atoms with van der Waals surface area (Å²) in [6.45, 7) is 1.67. The number of benzene rings is 1. The first kappa shape index (κ1) is 16.0. The van der Waals surface area contributed by atoms with Gasteiger partial charge >= 0.3 is 5.97 Å². The van der Waals surface area contributed by atoms with Crippen LogP contribution in [-0.4, -0.2) is 34.2 Å². The Bertz CT molecular complexity index is 782. The minimum Gasteiger partial charge on any atom is -0.497 e. The first-order chi connectivity index (χ1) is 11.5. The summed E-state index contributed by atoms with van der Waals surface area (Å²) in [6, 6.07) is 6.60. The molecule has 1 fully saturated rings. The molecule has 0 spiro atoms. The number of hydrogen-bond donors (Lipinski definition) is 2. The number of aromatic nitrogens is 2. The second-order valence-corrected chi connectivity index (χ2v) is 5.77. The van der Waals surface area contributed by atoms with Crippen LogP contribution >= 0.6 is 0 Å². The van der Waals surface area contributed by atoms with E-state index in [2.05, 4.69) is 15.5 Å². The van der Waals surface area contributed by atoms with Gasteiger partial charge in [0.1, 0.15) is 17.2 Å². The second kappa shape index (κ2) is 5.95. The summed E-state index contributed by atoms with van der Waals surface area (Å²) in [7, 11) is 1.56. The zero-order valence-corrected chi connectivity index (χ0v) is 13.3. The lowest BCUT2D eigenvalue weighted by Gasteiger charge is -2.13. The number of methoxy groups -OCH3 is 1. The molecule has 0 bridgehead atoms. The van der Waals surface area contributed by atoms with Gasteiger partial charge in [-0.3, -0.25) is 9.59 Å². The number of carbonyl (C=O) groups excluding carboxylic acids is 1. The van der Waals surface area contributed by atoms with E-state index < -0.39 is 23.3 Å². The number of aliphatic carboxylic acids is 1. The predicted molar refractivity (Wildman–Crippen MR) is 82.1 cm³/mol. The second-order valence-electron chi connectivity index (χ2n) is 5.77. The normalized spacial score (nSPS) is 16.2. The van der Waals surface area contributed by atoms with Crippen molar-refractivity contribution in [2.45, 2.75) is 25.8 Å². The first-order valence-electron chi connectivity index (χ1n) is 7.48. The number of carboxylic acids is 1. The van der Waals surface area contributed by atoms with Crippen molar-refractivity contribution in [1.82, 2.24) is 15.5 Å². The number of carbonyl (C=O) groups is 2. The SMILES string of the molecule is COc1cccc(-c2noc(C(C)NC(=O)C3(C(=O)O)CC3)n2)c1. The third-order valence-electron chi connectivity index (χ3n) is 4.08. The Hall–Kier alpha value is -2.90. The van der Waals surface area contributed by atoms with Gasteiger partial charge in [0.15, 0.2) is 0 Å². The van der Waals surface area contributed by atoms with E-state index in [-0.39, 0.29) is 5.89 Å². The van der Waals surface area contributed by atoms with Crippen LogP contribution in [0.15, 0.2) is 28.8 Å². The standard InChI is InChI=1S/C16H17N3O5/c1-9(17-14(20)16(6-7-16)15(21)22)13-18-12(19-24-13)10-4-3-5-11(8-10)23-2/h3-5,8-9H,6-7H2,1-2H3,(H,17,20)(H,21,22). The molecule has 1 amide bonds. The monoisotopic (exact) mass is 331 g/mol. The molecule has 1 aliphatic carbocycles. The number of hydrogen-bond acceptors (Lipinski definition) is 6. The summed E-state index contributed by atoms with van der Waals surface area (Å²) in [6.07, 6.45) is 0.694. The van der Waals surface area contributed by atoms with Gasteiger partial charge in [0, 0.05) is 5.56 Å². The highest BCUT2D eigenvalue weighted by molar-refractivity contribution is 6.04. The molecule has 8 nitrogen and oxygen atoms in total. The summed E-state index contributed by atoms with van der Waals surface area (Å²) in [5.74, 6) is -0.387. The average Bonchev–Trinajstić information content (AvgIpc) is 3.25. The molecular weight excluding hydrogens is 314 g/mol. The fourth-order valence-corrected chi connectivity index (χ4v) is 2.35. The van der Waals surface area contributed by atoms with E-state index in [9.17, 15) is 9.59 Å². The Morgan fingerprint density at radius 3 is 2.79 bits per heavy atom. The molecule has 1 atom stereocenters. The molecule has 8 heteroatoms. The molecule has 0 saturated heterocycles. The lowest BCUT2D eigenvalue weighted by atomic mass is 10.1. The molecule has 0 radical (unpaired) electrons. The van der Waals surface area contributed by atoms with Crippen LogP contribution in [0.25, 0.3) is 11.4 Å². The predicted octanol–water partition coefficient (Wildman–Crippen LogP) is 1.79. The molecule has 24 heavy (non-hydrogen) atoms. The minimum absolute atomic E-state index is 0.211. The van der Waals surface area contributed by atoms with Crippen LogP contribution in [0.3, 0.4) is 0 Å². The van der Waals surface area contributed by atoms with Gasteiger partial charge in [-0.2, -0.15) is 4.98 Å². The number of ether oxygens (including phenoxy) is 1. The van der Waals surface area contributed by atoms with E-state index in [0.29, 0.717) is 30.0 Å². The first-order valence-corrected chi connectivity index (χ1v) is 7.48. The molecule has 1 aromatic heterocycles. The lowest BCUT2D eigenvalue weighted by molar-refractivity contribution is -0.149. The molecular formula is C16H17N3O5. The van der Waals surface area contributed by atoms with Crippen molar-refractivity contribution >= 4 is 11.9 Å². The fraction of sp³-hybridized carbons (Fsp3) is 0.375. The molecule has 1 heterocycles. The topological polar surface area (TPSA) is 115 Å². The maximum atomic E-state index is 12.1. The molecule has 1 aromatic carbocycles. The van der Waals surface area contributed by atoms with Gasteiger partial charge in [-0.1, -0.05) is 17.3 Å². The van der Waals surface area contributed by atoms with Gasteiger partial charge in [0.05, 0.1) is 7.11 Å². The molecule has 2 N–H and O–H groups in total. The summed E-state index contributed by atoms with van der Waals surface area (Å²) in [4.78, 5) is 27.5. The Morgan fingerprint density at radius 2 is 2.17 bits per heavy atom. The fourth-order valence-electron chi connectivity index (χ4n) is 2.35. The van der Waals surface area contributed by atoms with Gasteiger partial charge in [0.25, 0.3) is 0 Å². The van der Waals surface area contributed by atoms with E-state index in [1.54, 1.807) is 32.2 Å². The van der Waals surface area contributed by atoms with E-state index in [0.717, 1.165) is 0 Å². The van der Waals surface area contributed by atoms with Crippen LogP contribution in [0.4, 0.5) is 0 Å². The number of carboxylic acid groups (broad SMARTS) is 1. The third-order valence-corrected chi connectivity index (χ3v) is 4.08. The van der Waals surface area contributed by atoms with Gasteiger partial charge in [0.2, 0.25) is 17.6 Å². The molecule has 1 saturated carbocycles. The van der Waals surface area contributed by atoms with Crippen LogP contribution < -0.4 is 10.1 Å². The van der Waals surface area contributed by atoms with E-state index in [1.165, 1.54) is 0 Å².